The van der Waals surface area contributed by atoms with Gasteiger partial charge in [0.2, 0.25) is 0 Å². The Morgan fingerprint density at radius 1 is 1.58 bits per heavy atom. The molecule has 12 heavy (non-hydrogen) atoms. The molecule has 0 aromatic carbocycles. The summed E-state index contributed by atoms with van der Waals surface area (Å²) in [5, 5.41) is 1.47. The quantitative estimate of drug-likeness (QED) is 0.436. The molecule has 0 saturated carbocycles. The zero-order valence-corrected chi connectivity index (χ0v) is 8.58. The van der Waals surface area contributed by atoms with Crippen molar-refractivity contribution in [3.05, 3.63) is 0 Å². The van der Waals surface area contributed by atoms with Gasteiger partial charge in [-0.05, 0) is 0 Å². The minimum absolute atomic E-state index is 0.0625. The van der Waals surface area contributed by atoms with Crippen molar-refractivity contribution in [2.24, 2.45) is 5.84 Å². The molecule has 0 amide bonds. The van der Waals surface area contributed by atoms with Gasteiger partial charge in [-0.2, -0.15) is 0 Å². The van der Waals surface area contributed by atoms with Crippen LogP contribution in [0.4, 0.5) is 0 Å². The van der Waals surface area contributed by atoms with E-state index >= 15 is 0 Å². The maximum absolute atomic E-state index is 11.2. The second-order valence-corrected chi connectivity index (χ2v) is 7.00. The maximum Gasteiger partial charge on any atom is 0.153 e. The van der Waals surface area contributed by atoms with E-state index in [1.165, 1.54) is 16.8 Å². The van der Waals surface area contributed by atoms with E-state index in [-0.39, 0.29) is 22.8 Å². The van der Waals surface area contributed by atoms with Crippen molar-refractivity contribution in [2.75, 3.05) is 11.5 Å². The van der Waals surface area contributed by atoms with Crippen LogP contribution in [-0.4, -0.2) is 40.5 Å². The lowest BCUT2D eigenvalue weighted by atomic mass is 10.2. The normalized spacial score (nSPS) is 38.8. The number of thiocarbonyl (C=S) groups is 1. The van der Waals surface area contributed by atoms with Crippen molar-refractivity contribution >= 4 is 38.1 Å². The van der Waals surface area contributed by atoms with Gasteiger partial charge in [0.1, 0.15) is 0 Å². The molecule has 0 aromatic rings. The molecule has 0 unspecified atom stereocenters. The molecule has 2 heterocycles. The summed E-state index contributed by atoms with van der Waals surface area (Å²) in [5.41, 5.74) is 0. The third-order valence-electron chi connectivity index (χ3n) is 2.09. The van der Waals surface area contributed by atoms with Crippen LogP contribution in [0.25, 0.3) is 0 Å². The molecule has 0 bridgehead atoms. The van der Waals surface area contributed by atoms with Crippen molar-refractivity contribution in [2.45, 2.75) is 11.3 Å². The summed E-state index contributed by atoms with van der Waals surface area (Å²) in [4.78, 5) is 0. The number of sulfone groups is 1. The summed E-state index contributed by atoms with van der Waals surface area (Å²) < 4.78 is 22.9. The Morgan fingerprint density at radius 2 is 2.25 bits per heavy atom. The van der Waals surface area contributed by atoms with Crippen LogP contribution in [0.1, 0.15) is 0 Å². The Morgan fingerprint density at radius 3 is 2.83 bits per heavy atom. The summed E-state index contributed by atoms with van der Waals surface area (Å²) in [6.07, 6.45) is 0. The van der Waals surface area contributed by atoms with Crippen LogP contribution in [0.5, 0.6) is 0 Å². The summed E-state index contributed by atoms with van der Waals surface area (Å²) in [7, 11) is -2.86. The van der Waals surface area contributed by atoms with Crippen molar-refractivity contribution in [1.82, 2.24) is 5.01 Å². The Kier molecular flexibility index (Phi) is 1.87. The van der Waals surface area contributed by atoms with E-state index in [4.69, 9.17) is 18.1 Å². The van der Waals surface area contributed by atoms with E-state index < -0.39 is 9.84 Å². The van der Waals surface area contributed by atoms with Gasteiger partial charge >= 0.3 is 0 Å². The van der Waals surface area contributed by atoms with Gasteiger partial charge < -0.3 is 0 Å². The van der Waals surface area contributed by atoms with Crippen molar-refractivity contribution in [3.8, 4) is 0 Å². The van der Waals surface area contributed by atoms with Gasteiger partial charge in [-0.3, -0.25) is 5.01 Å². The average Bonchev–Trinajstić information content (AvgIpc) is 2.33. The first-order valence-electron chi connectivity index (χ1n) is 3.44. The first kappa shape index (κ1) is 8.74. The van der Waals surface area contributed by atoms with Crippen molar-refractivity contribution in [1.29, 1.82) is 0 Å². The van der Waals surface area contributed by atoms with Crippen molar-refractivity contribution < 1.29 is 8.42 Å². The molecular formula is C5H8N2O2S3. The molecule has 0 aromatic heterocycles. The number of fused-ring (bicyclic) bond motifs is 1. The van der Waals surface area contributed by atoms with Crippen LogP contribution >= 0.6 is 24.0 Å². The smallest absolute Gasteiger partial charge is 0.153 e. The number of hydrogen-bond acceptors (Lipinski definition) is 5. The van der Waals surface area contributed by atoms with E-state index in [1.54, 1.807) is 0 Å². The molecule has 2 aliphatic heterocycles. The Hall–Kier alpha value is 0.150. The summed E-state index contributed by atoms with van der Waals surface area (Å²) in [6.45, 7) is 0. The third kappa shape index (κ3) is 1.24. The fourth-order valence-electron chi connectivity index (χ4n) is 1.49. The molecule has 2 fully saturated rings. The van der Waals surface area contributed by atoms with E-state index in [2.05, 4.69) is 0 Å². The molecule has 68 valence electrons. The van der Waals surface area contributed by atoms with Crippen LogP contribution in [0.3, 0.4) is 0 Å². The lowest BCUT2D eigenvalue weighted by Crippen LogP contribution is -2.41. The Balaban J connectivity index is 2.27. The first-order valence-corrected chi connectivity index (χ1v) is 6.55. The number of hydrazine groups is 1. The molecule has 0 radical (unpaired) electrons. The summed E-state index contributed by atoms with van der Waals surface area (Å²) >= 11 is 6.34. The van der Waals surface area contributed by atoms with Gasteiger partial charge in [-0.25, -0.2) is 14.3 Å². The van der Waals surface area contributed by atoms with E-state index in [0.717, 1.165) is 0 Å². The van der Waals surface area contributed by atoms with Crippen LogP contribution in [-0.2, 0) is 9.84 Å². The Labute approximate surface area is 80.4 Å². The zero-order chi connectivity index (χ0) is 8.93. The fourth-order valence-corrected chi connectivity index (χ4v) is 5.69. The highest BCUT2D eigenvalue weighted by Crippen LogP contribution is 2.35. The molecule has 2 atom stereocenters. The largest absolute Gasteiger partial charge is 0.290 e. The zero-order valence-electron chi connectivity index (χ0n) is 6.13. The fraction of sp³-hybridized carbons (Fsp3) is 0.800. The van der Waals surface area contributed by atoms with Gasteiger partial charge in [0.25, 0.3) is 0 Å². The lowest BCUT2D eigenvalue weighted by Gasteiger charge is -2.16. The average molecular weight is 224 g/mol. The molecule has 2 saturated heterocycles. The summed E-state index contributed by atoms with van der Waals surface area (Å²) in [6, 6.07) is -0.0903. The number of nitrogens with zero attached hydrogens (tertiary/aromatic N) is 1. The van der Waals surface area contributed by atoms with E-state index in [1.807, 2.05) is 0 Å². The monoisotopic (exact) mass is 224 g/mol. The molecule has 2 aliphatic rings. The number of rotatable bonds is 0. The SMILES string of the molecule is NN1C(=S)S[C@@H]2CS(=O)(=O)C[C@@H]21. The minimum Gasteiger partial charge on any atom is -0.290 e. The van der Waals surface area contributed by atoms with Gasteiger partial charge in [0.15, 0.2) is 14.2 Å². The lowest BCUT2D eigenvalue weighted by molar-refractivity contribution is 0.377. The highest BCUT2D eigenvalue weighted by atomic mass is 32.2. The maximum atomic E-state index is 11.2. The number of nitrogens with two attached hydrogens (primary N) is 1. The van der Waals surface area contributed by atoms with Crippen molar-refractivity contribution in [3.63, 3.8) is 0 Å². The third-order valence-corrected chi connectivity index (χ3v) is 5.72. The second kappa shape index (κ2) is 2.57. The molecular weight excluding hydrogens is 216 g/mol. The first-order chi connectivity index (χ1) is 5.49. The predicted molar refractivity (Wildman–Crippen MR) is 52.4 cm³/mol. The number of thioether (sulfide) groups is 1. The van der Waals surface area contributed by atoms with E-state index in [9.17, 15) is 8.42 Å². The van der Waals surface area contributed by atoms with Gasteiger partial charge in [0.05, 0.1) is 17.5 Å². The predicted octanol–water partition coefficient (Wildman–Crippen LogP) is -0.641. The standard InChI is InChI=1S/C5H8N2O2S3/c6-7-3-1-12(8,9)2-4(3)11-5(7)10/h3-4H,1-2,6H2/t3-,4+/m0/s1. The summed E-state index contributed by atoms with van der Waals surface area (Å²) in [5.74, 6) is 5.96. The van der Waals surface area contributed by atoms with E-state index in [0.29, 0.717) is 4.32 Å². The van der Waals surface area contributed by atoms with Crippen LogP contribution in [0.15, 0.2) is 0 Å². The molecule has 0 aliphatic carbocycles. The van der Waals surface area contributed by atoms with Gasteiger partial charge in [0, 0.05) is 5.25 Å². The molecule has 4 nitrogen and oxygen atoms in total. The highest BCUT2D eigenvalue weighted by Gasteiger charge is 2.47. The second-order valence-electron chi connectivity index (χ2n) is 2.97. The Bertz CT molecular complexity index is 326. The van der Waals surface area contributed by atoms with Crippen LogP contribution < -0.4 is 5.84 Å². The molecule has 2 N–H and O–H groups in total. The topological polar surface area (TPSA) is 63.4 Å². The molecule has 7 heteroatoms. The molecule has 2 rings (SSSR count). The van der Waals surface area contributed by atoms with Crippen LogP contribution in [0, 0.1) is 0 Å². The number of hydrogen-bond donors (Lipinski definition) is 1. The van der Waals surface area contributed by atoms with Gasteiger partial charge in [-0.1, -0.05) is 24.0 Å². The van der Waals surface area contributed by atoms with Crippen LogP contribution in [0.2, 0.25) is 0 Å². The highest BCUT2D eigenvalue weighted by molar-refractivity contribution is 8.24. The minimum atomic E-state index is -2.86. The molecule has 0 spiro atoms. The van der Waals surface area contributed by atoms with Gasteiger partial charge in [-0.15, -0.1) is 0 Å².